The van der Waals surface area contributed by atoms with Crippen molar-refractivity contribution < 1.29 is 11.1 Å². The predicted molar refractivity (Wildman–Crippen MR) is 59.8 cm³/mol. The Morgan fingerprint density at radius 2 is 1.71 bits per heavy atom. The van der Waals surface area contributed by atoms with E-state index >= 15 is 0 Å². The molecule has 14 heavy (non-hydrogen) atoms. The van der Waals surface area contributed by atoms with Gasteiger partial charge in [-0.15, -0.1) is 0 Å². The summed E-state index contributed by atoms with van der Waals surface area (Å²) in [6.45, 7) is 6.58. The first-order chi connectivity index (χ1) is 6.91. The van der Waals surface area contributed by atoms with Crippen molar-refractivity contribution in [2.24, 2.45) is 5.73 Å². The van der Waals surface area contributed by atoms with E-state index in [1.807, 2.05) is 0 Å². The van der Waals surface area contributed by atoms with Crippen molar-refractivity contribution in [3.05, 3.63) is 0 Å². The highest BCUT2D eigenvalue weighted by Gasteiger charge is 1.92. The van der Waals surface area contributed by atoms with E-state index in [9.17, 15) is 0 Å². The van der Waals surface area contributed by atoms with Crippen molar-refractivity contribution in [1.29, 1.82) is 0 Å². The van der Waals surface area contributed by atoms with Gasteiger partial charge in [0.05, 0.1) is 19.6 Å². The van der Waals surface area contributed by atoms with Gasteiger partial charge in [0.15, 0.2) is 0 Å². The van der Waals surface area contributed by atoms with Gasteiger partial charge in [0, 0.05) is 19.4 Å². The molecule has 0 aliphatic carbocycles. The lowest BCUT2D eigenvalue weighted by Crippen LogP contribution is -2.84. The van der Waals surface area contributed by atoms with Crippen molar-refractivity contribution >= 4 is 0 Å². The molecule has 8 N–H and O–H groups in total. The fraction of sp³-hybridized carbons (Fsp3) is 1.00. The lowest BCUT2D eigenvalue weighted by Gasteiger charge is -2.02. The first kappa shape index (κ1) is 13.8. The minimum absolute atomic E-state index is 0.823. The minimum atomic E-state index is 0.823. The summed E-state index contributed by atoms with van der Waals surface area (Å²) in [6, 6.07) is 0. The zero-order chi connectivity index (χ0) is 10.5. The van der Waals surface area contributed by atoms with Gasteiger partial charge in [0.2, 0.25) is 0 Å². The highest BCUT2D eigenvalue weighted by atomic mass is 14.9. The molecule has 0 bridgehead atoms. The zero-order valence-electron chi connectivity index (χ0n) is 9.43. The van der Waals surface area contributed by atoms with Crippen LogP contribution in [-0.4, -0.2) is 39.3 Å². The van der Waals surface area contributed by atoms with Crippen LogP contribution in [0.15, 0.2) is 0 Å². The van der Waals surface area contributed by atoms with Gasteiger partial charge in [-0.2, -0.15) is 0 Å². The molecule has 0 aliphatic rings. The smallest absolute Gasteiger partial charge is 0.0767 e. The van der Waals surface area contributed by atoms with Gasteiger partial charge in [-0.3, -0.25) is 0 Å². The Balaban J connectivity index is 2.78. The molecule has 4 heteroatoms. The van der Waals surface area contributed by atoms with Gasteiger partial charge in [0.25, 0.3) is 0 Å². The molecule has 0 aromatic heterocycles. The molecule has 0 radical (unpaired) electrons. The van der Waals surface area contributed by atoms with Crippen LogP contribution in [0.1, 0.15) is 25.7 Å². The Morgan fingerprint density at radius 1 is 1.00 bits per heavy atom. The van der Waals surface area contributed by atoms with Crippen LogP contribution < -0.4 is 22.1 Å². The molecule has 0 rings (SSSR count). The summed E-state index contributed by atoms with van der Waals surface area (Å²) < 4.78 is 0. The third kappa shape index (κ3) is 11.8. The Labute approximate surface area is 87.8 Å². The molecule has 0 saturated carbocycles. The number of hydrogen-bond donors (Lipinski definition) is 4. The van der Waals surface area contributed by atoms with Crippen LogP contribution in [0.3, 0.4) is 0 Å². The lowest BCUT2D eigenvalue weighted by atomic mass is 10.3. The van der Waals surface area contributed by atoms with E-state index in [0.717, 1.165) is 32.6 Å². The maximum atomic E-state index is 5.40. The van der Waals surface area contributed by atoms with Gasteiger partial charge >= 0.3 is 0 Å². The van der Waals surface area contributed by atoms with E-state index in [4.69, 9.17) is 5.73 Å². The van der Waals surface area contributed by atoms with E-state index in [-0.39, 0.29) is 0 Å². The second-order valence-electron chi connectivity index (χ2n) is 3.67. The fourth-order valence-electron chi connectivity index (χ4n) is 1.32. The molecule has 0 spiro atoms. The highest BCUT2D eigenvalue weighted by Crippen LogP contribution is 1.81. The van der Waals surface area contributed by atoms with E-state index in [1.165, 1.54) is 32.4 Å². The summed E-state index contributed by atoms with van der Waals surface area (Å²) in [6.07, 6.45) is 4.93. The first-order valence-electron chi connectivity index (χ1n) is 5.93. The van der Waals surface area contributed by atoms with E-state index in [1.54, 1.807) is 0 Å². The van der Waals surface area contributed by atoms with Crippen LogP contribution >= 0.6 is 0 Å². The number of hydrogen-bond acceptors (Lipinski definition) is 2. The zero-order valence-corrected chi connectivity index (χ0v) is 9.43. The third-order valence-corrected chi connectivity index (χ3v) is 2.23. The molecular formula is C10H28N4+2. The topological polar surface area (TPSA) is 82.3 Å². The van der Waals surface area contributed by atoms with Crippen LogP contribution in [0.5, 0.6) is 0 Å². The third-order valence-electron chi connectivity index (χ3n) is 2.23. The SMILES string of the molecule is NCCC[NH2+]CCCCNCCC[NH3+]. The summed E-state index contributed by atoms with van der Waals surface area (Å²) in [5.41, 5.74) is 9.21. The van der Waals surface area contributed by atoms with Crippen molar-refractivity contribution in [3.8, 4) is 0 Å². The van der Waals surface area contributed by atoms with Gasteiger partial charge in [-0.25, -0.2) is 0 Å². The molecule has 0 unspecified atom stereocenters. The minimum Gasteiger partial charge on any atom is -0.358 e. The molecular weight excluding hydrogens is 176 g/mol. The Hall–Kier alpha value is -0.160. The molecule has 0 saturated heterocycles. The maximum absolute atomic E-state index is 5.40. The number of quaternary nitrogens is 2. The molecule has 0 fully saturated rings. The number of nitrogens with two attached hydrogens (primary N) is 2. The summed E-state index contributed by atoms with van der Waals surface area (Å²) in [5, 5.41) is 5.78. The molecule has 86 valence electrons. The fourth-order valence-corrected chi connectivity index (χ4v) is 1.32. The molecule has 0 aromatic rings. The van der Waals surface area contributed by atoms with Crippen LogP contribution in [0.4, 0.5) is 0 Å². The average Bonchev–Trinajstić information content (AvgIpc) is 2.21. The number of rotatable bonds is 11. The standard InChI is InChI=1S/C10H26N4/c11-5-3-9-13-7-1-2-8-14-10-4-6-12/h13-14H,1-12H2/p+2. The first-order valence-corrected chi connectivity index (χ1v) is 5.93. The van der Waals surface area contributed by atoms with Gasteiger partial charge in [-0.05, 0) is 25.9 Å². The quantitative estimate of drug-likeness (QED) is 0.291. The molecule has 0 aliphatic heterocycles. The lowest BCUT2D eigenvalue weighted by molar-refractivity contribution is -0.655. The van der Waals surface area contributed by atoms with Gasteiger partial charge < -0.3 is 22.1 Å². The van der Waals surface area contributed by atoms with Gasteiger partial charge in [-0.1, -0.05) is 0 Å². The van der Waals surface area contributed by atoms with Crippen molar-refractivity contribution in [3.63, 3.8) is 0 Å². The van der Waals surface area contributed by atoms with Crippen molar-refractivity contribution in [1.82, 2.24) is 5.32 Å². The van der Waals surface area contributed by atoms with Gasteiger partial charge in [0.1, 0.15) is 0 Å². The van der Waals surface area contributed by atoms with Crippen LogP contribution in [0.2, 0.25) is 0 Å². The Bertz CT molecular complexity index is 86.1. The summed E-state index contributed by atoms with van der Waals surface area (Å²) in [7, 11) is 0. The summed E-state index contributed by atoms with van der Waals surface area (Å²) >= 11 is 0. The van der Waals surface area contributed by atoms with Crippen LogP contribution in [0.25, 0.3) is 0 Å². The second-order valence-corrected chi connectivity index (χ2v) is 3.67. The highest BCUT2D eigenvalue weighted by molar-refractivity contribution is 4.46. The average molecular weight is 204 g/mol. The van der Waals surface area contributed by atoms with Crippen LogP contribution in [0, 0.1) is 0 Å². The monoisotopic (exact) mass is 204 g/mol. The summed E-state index contributed by atoms with van der Waals surface area (Å²) in [5.74, 6) is 0. The molecule has 0 aromatic carbocycles. The van der Waals surface area contributed by atoms with Crippen LogP contribution in [-0.2, 0) is 0 Å². The van der Waals surface area contributed by atoms with E-state index in [2.05, 4.69) is 16.4 Å². The molecule has 0 atom stereocenters. The van der Waals surface area contributed by atoms with Crippen molar-refractivity contribution in [2.75, 3.05) is 39.3 Å². The summed E-state index contributed by atoms with van der Waals surface area (Å²) in [4.78, 5) is 0. The Morgan fingerprint density at radius 3 is 2.43 bits per heavy atom. The second kappa shape index (κ2) is 12.8. The molecule has 4 nitrogen and oxygen atoms in total. The predicted octanol–water partition coefficient (Wildman–Crippen LogP) is -2.10. The number of unbranched alkanes of at least 4 members (excludes halogenated alkanes) is 1. The Kier molecular flexibility index (Phi) is 12.7. The number of nitrogens with one attached hydrogen (secondary N) is 1. The van der Waals surface area contributed by atoms with Crippen molar-refractivity contribution in [2.45, 2.75) is 25.7 Å². The van der Waals surface area contributed by atoms with E-state index < -0.39 is 0 Å². The van der Waals surface area contributed by atoms with E-state index in [0.29, 0.717) is 0 Å². The molecule has 0 amide bonds. The maximum Gasteiger partial charge on any atom is 0.0767 e. The largest absolute Gasteiger partial charge is 0.358 e. The normalized spacial score (nSPS) is 10.7. The molecule has 0 heterocycles.